The van der Waals surface area contributed by atoms with E-state index in [2.05, 4.69) is 23.1 Å². The van der Waals surface area contributed by atoms with Crippen LogP contribution in [0.4, 0.5) is 5.69 Å². The van der Waals surface area contributed by atoms with Gasteiger partial charge in [-0.2, -0.15) is 5.26 Å². The second kappa shape index (κ2) is 7.01. The first-order chi connectivity index (χ1) is 16.1. The average molecular weight is 433 g/mol. The fraction of sp³-hybridized carbons (Fsp3) is 0.111. The summed E-state index contributed by atoms with van der Waals surface area (Å²) in [5, 5.41) is 10.8. The number of nitrogens with zero attached hydrogens (tertiary/aromatic N) is 2. The van der Waals surface area contributed by atoms with Crippen molar-refractivity contribution < 1.29 is 9.15 Å². The molecule has 4 aromatic rings. The normalized spacial score (nSPS) is 18.7. The molecule has 1 aromatic heterocycles. The van der Waals surface area contributed by atoms with Gasteiger partial charge in [0.2, 0.25) is 5.88 Å². The number of hydrogen-bond acceptors (Lipinski definition) is 6. The molecule has 2 aliphatic rings. The largest absolute Gasteiger partial charge is 0.439 e. The highest BCUT2D eigenvalue weighted by Crippen LogP contribution is 2.54. The van der Waals surface area contributed by atoms with Gasteiger partial charge in [0.25, 0.3) is 0 Å². The van der Waals surface area contributed by atoms with Crippen molar-refractivity contribution in [1.82, 2.24) is 0 Å². The van der Waals surface area contributed by atoms with Crippen molar-refractivity contribution in [2.45, 2.75) is 12.0 Å². The third-order valence-corrected chi connectivity index (χ3v) is 6.54. The molecule has 0 amide bonds. The van der Waals surface area contributed by atoms with Crippen LogP contribution >= 0.6 is 0 Å². The third kappa shape index (κ3) is 2.63. The first-order valence-electron chi connectivity index (χ1n) is 10.7. The van der Waals surface area contributed by atoms with E-state index in [9.17, 15) is 10.1 Å². The number of benzene rings is 3. The molecular weight excluding hydrogens is 414 g/mol. The van der Waals surface area contributed by atoms with Crippen molar-refractivity contribution in [3.05, 3.63) is 117 Å². The molecule has 1 spiro atoms. The predicted molar refractivity (Wildman–Crippen MR) is 125 cm³/mol. The van der Waals surface area contributed by atoms with Gasteiger partial charge in [-0.15, -0.1) is 0 Å². The van der Waals surface area contributed by atoms with Crippen LogP contribution in [-0.4, -0.2) is 6.54 Å². The van der Waals surface area contributed by atoms with Gasteiger partial charge in [0.05, 0.1) is 16.4 Å². The maximum Gasteiger partial charge on any atom is 0.344 e. The van der Waals surface area contributed by atoms with Gasteiger partial charge in [0.15, 0.2) is 5.75 Å². The number of nitriles is 1. The fourth-order valence-electron chi connectivity index (χ4n) is 5.18. The summed E-state index contributed by atoms with van der Waals surface area (Å²) < 4.78 is 11.7. The zero-order chi connectivity index (χ0) is 22.6. The van der Waals surface area contributed by atoms with Crippen molar-refractivity contribution in [2.75, 3.05) is 11.4 Å². The Balaban J connectivity index is 1.66. The molecular formula is C27H19N3O3. The predicted octanol–water partition coefficient (Wildman–Crippen LogP) is 4.19. The first-order valence-corrected chi connectivity index (χ1v) is 10.7. The van der Waals surface area contributed by atoms with Crippen LogP contribution in [0.2, 0.25) is 0 Å². The number of rotatable bonds is 2. The minimum absolute atomic E-state index is 0.0112. The zero-order valence-electron chi connectivity index (χ0n) is 17.6. The lowest BCUT2D eigenvalue weighted by Gasteiger charge is -2.35. The van der Waals surface area contributed by atoms with Gasteiger partial charge in [0.1, 0.15) is 17.2 Å². The molecule has 3 heterocycles. The Hall–Kier alpha value is -4.50. The number of ether oxygens (including phenoxy) is 1. The van der Waals surface area contributed by atoms with E-state index < -0.39 is 11.0 Å². The molecule has 0 saturated carbocycles. The minimum Gasteiger partial charge on any atom is -0.439 e. The fourth-order valence-corrected chi connectivity index (χ4v) is 5.18. The number of hydrogen-bond donors (Lipinski definition) is 1. The molecule has 0 saturated heterocycles. The van der Waals surface area contributed by atoms with Crippen LogP contribution in [0.15, 0.2) is 99.5 Å². The molecule has 33 heavy (non-hydrogen) atoms. The second-order valence-corrected chi connectivity index (χ2v) is 8.31. The lowest BCUT2D eigenvalue weighted by Crippen LogP contribution is -2.44. The smallest absolute Gasteiger partial charge is 0.344 e. The second-order valence-electron chi connectivity index (χ2n) is 8.31. The van der Waals surface area contributed by atoms with Gasteiger partial charge in [-0.25, -0.2) is 4.79 Å². The Kier molecular flexibility index (Phi) is 4.08. The summed E-state index contributed by atoms with van der Waals surface area (Å²) in [4.78, 5) is 15.6. The lowest BCUT2D eigenvalue weighted by molar-refractivity contribution is 0.364. The van der Waals surface area contributed by atoms with E-state index in [1.807, 2.05) is 54.6 Å². The van der Waals surface area contributed by atoms with Gasteiger partial charge in [0, 0.05) is 18.8 Å². The van der Waals surface area contributed by atoms with E-state index in [4.69, 9.17) is 14.9 Å². The van der Waals surface area contributed by atoms with Crippen molar-refractivity contribution in [1.29, 1.82) is 5.26 Å². The Labute approximate surface area is 189 Å². The van der Waals surface area contributed by atoms with Crippen LogP contribution in [-0.2, 0) is 12.0 Å². The summed E-state index contributed by atoms with van der Waals surface area (Å²) in [7, 11) is 0. The number of fused-ring (bicyclic) bond motifs is 6. The van der Waals surface area contributed by atoms with Crippen LogP contribution < -0.4 is 21.0 Å². The van der Waals surface area contributed by atoms with E-state index in [0.717, 1.165) is 16.8 Å². The van der Waals surface area contributed by atoms with Crippen LogP contribution in [0.5, 0.6) is 5.75 Å². The molecule has 0 radical (unpaired) electrons. The highest BCUT2D eigenvalue weighted by atomic mass is 16.5. The van der Waals surface area contributed by atoms with Gasteiger partial charge in [-0.05, 0) is 29.3 Å². The van der Waals surface area contributed by atoms with Gasteiger partial charge in [-0.1, -0.05) is 60.7 Å². The molecule has 2 aliphatic heterocycles. The Morgan fingerprint density at radius 3 is 2.55 bits per heavy atom. The topological polar surface area (TPSA) is 92.5 Å². The maximum atomic E-state index is 13.4. The molecule has 2 N–H and O–H groups in total. The minimum atomic E-state index is -1.09. The molecule has 6 nitrogen and oxygen atoms in total. The summed E-state index contributed by atoms with van der Waals surface area (Å²) in [5.74, 6) is 0.367. The molecule has 160 valence electrons. The van der Waals surface area contributed by atoms with Crippen molar-refractivity contribution in [2.24, 2.45) is 5.73 Å². The van der Waals surface area contributed by atoms with Crippen molar-refractivity contribution >= 4 is 16.7 Å². The average Bonchev–Trinajstić information content (AvgIpc) is 3.14. The van der Waals surface area contributed by atoms with E-state index in [-0.39, 0.29) is 11.5 Å². The Morgan fingerprint density at radius 2 is 1.73 bits per heavy atom. The summed E-state index contributed by atoms with van der Waals surface area (Å²) in [6, 6.07) is 27.4. The standard InChI is InChI=1S/C27H19N3O3/c28-14-20-25(29)33-24-18-10-4-7-13-22(18)32-26(31)23(24)27(20)16-30(15-17-8-2-1-3-9-17)21-12-6-5-11-19(21)27/h1-13H,15-16,29H2/t27-/m1/s1. The monoisotopic (exact) mass is 433 g/mol. The van der Waals surface area contributed by atoms with E-state index in [1.54, 1.807) is 12.1 Å². The van der Waals surface area contributed by atoms with E-state index >= 15 is 0 Å². The highest BCUT2D eigenvalue weighted by molar-refractivity contribution is 5.88. The number of anilines is 1. The molecule has 3 aromatic carbocycles. The quantitative estimate of drug-likeness (QED) is 0.477. The highest BCUT2D eigenvalue weighted by Gasteiger charge is 2.54. The number of nitrogens with two attached hydrogens (primary N) is 1. The van der Waals surface area contributed by atoms with Crippen LogP contribution in [0.25, 0.3) is 11.0 Å². The van der Waals surface area contributed by atoms with Crippen LogP contribution in [0.3, 0.4) is 0 Å². The molecule has 0 bridgehead atoms. The van der Waals surface area contributed by atoms with Gasteiger partial charge in [-0.3, -0.25) is 0 Å². The van der Waals surface area contributed by atoms with Crippen LogP contribution in [0, 0.1) is 11.3 Å². The zero-order valence-corrected chi connectivity index (χ0v) is 17.6. The molecule has 0 aliphatic carbocycles. The first kappa shape index (κ1) is 19.2. The summed E-state index contributed by atoms with van der Waals surface area (Å²) >= 11 is 0. The Morgan fingerprint density at radius 1 is 1.00 bits per heavy atom. The summed E-state index contributed by atoms with van der Waals surface area (Å²) in [6.07, 6.45) is 0. The van der Waals surface area contributed by atoms with Crippen molar-refractivity contribution in [3.8, 4) is 11.8 Å². The molecule has 1 atom stereocenters. The third-order valence-electron chi connectivity index (χ3n) is 6.54. The summed E-state index contributed by atoms with van der Waals surface area (Å²) in [5.41, 5.74) is 8.58. The summed E-state index contributed by atoms with van der Waals surface area (Å²) in [6.45, 7) is 0.984. The van der Waals surface area contributed by atoms with Crippen LogP contribution in [0.1, 0.15) is 16.7 Å². The lowest BCUT2D eigenvalue weighted by atomic mass is 9.69. The molecule has 0 unspecified atom stereocenters. The van der Waals surface area contributed by atoms with E-state index in [1.165, 1.54) is 0 Å². The number of para-hydroxylation sites is 2. The molecule has 6 heteroatoms. The molecule has 6 rings (SSSR count). The Bertz CT molecular complexity index is 1550. The van der Waals surface area contributed by atoms with E-state index in [0.29, 0.717) is 35.4 Å². The molecule has 0 fully saturated rings. The van der Waals surface area contributed by atoms with Gasteiger partial charge < -0.3 is 19.8 Å². The van der Waals surface area contributed by atoms with Crippen molar-refractivity contribution in [3.63, 3.8) is 0 Å². The SMILES string of the molecule is N#CC1=C(N)Oc2c(c(=O)oc3ccccc23)[C@@]12CN(Cc1ccccc1)c1ccccc12. The van der Waals surface area contributed by atoms with Gasteiger partial charge >= 0.3 is 5.63 Å². The maximum absolute atomic E-state index is 13.4.